The maximum Gasteiger partial charge on any atom is -0.00203 e. The Morgan fingerprint density at radius 1 is 0.145 bits per heavy atom. The molecule has 12 aromatic carbocycles. The Balaban J connectivity index is 0.991. The van der Waals surface area contributed by atoms with Crippen LogP contribution in [0.25, 0.3) is 121 Å². The second kappa shape index (κ2) is 14.9. The molecule has 0 aromatic heterocycles. The lowest BCUT2D eigenvalue weighted by Crippen LogP contribution is -1.92. The van der Waals surface area contributed by atoms with Crippen molar-refractivity contribution in [3.8, 4) is 66.8 Å². The highest BCUT2D eigenvalue weighted by Gasteiger charge is 2.20. The van der Waals surface area contributed by atoms with E-state index in [0.29, 0.717) is 0 Å². The van der Waals surface area contributed by atoms with Crippen LogP contribution in [-0.2, 0) is 0 Å². The van der Waals surface area contributed by atoms with Crippen molar-refractivity contribution in [2.75, 3.05) is 0 Å². The van der Waals surface area contributed by atoms with E-state index < -0.39 is 0 Å². The Bertz CT molecular complexity index is 3600. The van der Waals surface area contributed by atoms with Gasteiger partial charge in [-0.3, -0.25) is 0 Å². The van der Waals surface area contributed by atoms with E-state index in [2.05, 4.69) is 243 Å². The standard InChI is InChI=1S/C62H40/c1-3-17-43(18-4-1)61-52-25-10-9-24-51(52)58-40-49(36-37-57(58)62(61)44-19-5-2-6-20-44)42-30-33-45(34-31-42)59-53-26-11-13-28-55(53)60(56-29-14-12-27-54(56)59)50-23-15-22-47(39-50)48-35-32-41-16-7-8-21-46(41)38-48/h1-40H. The summed E-state index contributed by atoms with van der Waals surface area (Å²) in [6.07, 6.45) is 0. The average Bonchev–Trinajstić information content (AvgIpc) is 3.35. The van der Waals surface area contributed by atoms with Crippen molar-refractivity contribution in [3.63, 3.8) is 0 Å². The van der Waals surface area contributed by atoms with Gasteiger partial charge in [-0.25, -0.2) is 0 Å². The van der Waals surface area contributed by atoms with E-state index in [4.69, 9.17) is 0 Å². The van der Waals surface area contributed by atoms with Crippen LogP contribution in [0.1, 0.15) is 0 Å². The third kappa shape index (κ3) is 5.99. The van der Waals surface area contributed by atoms with Crippen LogP contribution in [0.15, 0.2) is 243 Å². The lowest BCUT2D eigenvalue weighted by Gasteiger charge is -2.19. The minimum absolute atomic E-state index is 1.20. The van der Waals surface area contributed by atoms with Gasteiger partial charge < -0.3 is 0 Å². The number of fused-ring (bicyclic) bond motifs is 6. The summed E-state index contributed by atoms with van der Waals surface area (Å²) in [4.78, 5) is 0. The summed E-state index contributed by atoms with van der Waals surface area (Å²) < 4.78 is 0. The number of rotatable bonds is 6. The van der Waals surface area contributed by atoms with Gasteiger partial charge in [0.05, 0.1) is 0 Å². The molecule has 0 fully saturated rings. The molecule has 288 valence electrons. The third-order valence-electron chi connectivity index (χ3n) is 12.8. The molecule has 0 aliphatic heterocycles. The monoisotopic (exact) mass is 784 g/mol. The average molecular weight is 785 g/mol. The number of benzene rings is 12. The molecular formula is C62H40. The van der Waals surface area contributed by atoms with Crippen molar-refractivity contribution in [2.45, 2.75) is 0 Å². The molecule has 12 aromatic rings. The van der Waals surface area contributed by atoms with Crippen LogP contribution in [0.2, 0.25) is 0 Å². The fraction of sp³-hybridized carbons (Fsp3) is 0. The van der Waals surface area contributed by atoms with Gasteiger partial charge in [0.25, 0.3) is 0 Å². The van der Waals surface area contributed by atoms with Gasteiger partial charge in [0.2, 0.25) is 0 Å². The first kappa shape index (κ1) is 35.8. The van der Waals surface area contributed by atoms with Gasteiger partial charge in [-0.1, -0.05) is 224 Å². The van der Waals surface area contributed by atoms with Gasteiger partial charge in [-0.05, 0) is 139 Å². The molecule has 0 saturated carbocycles. The maximum atomic E-state index is 2.40. The van der Waals surface area contributed by atoms with Crippen molar-refractivity contribution >= 4 is 53.9 Å². The van der Waals surface area contributed by atoms with Crippen LogP contribution in [-0.4, -0.2) is 0 Å². The summed E-state index contributed by atoms with van der Waals surface area (Å²) in [5.74, 6) is 0. The summed E-state index contributed by atoms with van der Waals surface area (Å²) in [7, 11) is 0. The highest BCUT2D eigenvalue weighted by molar-refractivity contribution is 6.23. The molecule has 0 heterocycles. The summed E-state index contributed by atoms with van der Waals surface area (Å²) >= 11 is 0. The highest BCUT2D eigenvalue weighted by atomic mass is 14.2. The minimum atomic E-state index is 1.20. The van der Waals surface area contributed by atoms with Gasteiger partial charge in [0.15, 0.2) is 0 Å². The Labute approximate surface area is 361 Å². The fourth-order valence-electron chi connectivity index (χ4n) is 9.98. The van der Waals surface area contributed by atoms with Crippen LogP contribution >= 0.6 is 0 Å². The van der Waals surface area contributed by atoms with E-state index in [0.717, 1.165) is 0 Å². The van der Waals surface area contributed by atoms with Crippen LogP contribution in [0.3, 0.4) is 0 Å². The van der Waals surface area contributed by atoms with E-state index in [1.807, 2.05) is 0 Å². The van der Waals surface area contributed by atoms with Crippen molar-refractivity contribution in [1.82, 2.24) is 0 Å². The van der Waals surface area contributed by atoms with Crippen LogP contribution < -0.4 is 0 Å². The molecule has 0 saturated heterocycles. The molecule has 0 bridgehead atoms. The van der Waals surface area contributed by atoms with E-state index in [1.54, 1.807) is 0 Å². The van der Waals surface area contributed by atoms with Gasteiger partial charge in [-0.2, -0.15) is 0 Å². The predicted molar refractivity (Wildman–Crippen MR) is 267 cm³/mol. The van der Waals surface area contributed by atoms with Crippen LogP contribution in [0.5, 0.6) is 0 Å². The third-order valence-corrected chi connectivity index (χ3v) is 12.8. The molecule has 62 heavy (non-hydrogen) atoms. The molecule has 0 radical (unpaired) electrons. The van der Waals surface area contributed by atoms with E-state index in [1.165, 1.54) is 121 Å². The topological polar surface area (TPSA) is 0 Å². The van der Waals surface area contributed by atoms with E-state index in [-0.39, 0.29) is 0 Å². The first-order chi connectivity index (χ1) is 30.8. The molecule has 0 aliphatic rings. The summed E-state index contributed by atoms with van der Waals surface area (Å²) in [6, 6.07) is 89.3. The Hall–Kier alpha value is -8.06. The first-order valence-corrected chi connectivity index (χ1v) is 21.5. The highest BCUT2D eigenvalue weighted by Crippen LogP contribution is 2.47. The molecule has 0 amide bonds. The summed E-state index contributed by atoms with van der Waals surface area (Å²) in [5.41, 5.74) is 14.8. The van der Waals surface area contributed by atoms with E-state index in [9.17, 15) is 0 Å². The zero-order chi connectivity index (χ0) is 41.0. The molecule has 0 atom stereocenters. The lowest BCUT2D eigenvalue weighted by atomic mass is 9.84. The Morgan fingerprint density at radius 3 is 1.13 bits per heavy atom. The normalized spacial score (nSPS) is 11.5. The van der Waals surface area contributed by atoms with Crippen LogP contribution in [0.4, 0.5) is 0 Å². The fourth-order valence-corrected chi connectivity index (χ4v) is 9.98. The van der Waals surface area contributed by atoms with Crippen molar-refractivity contribution < 1.29 is 0 Å². The maximum absolute atomic E-state index is 2.40. The molecule has 0 heteroatoms. The Kier molecular flexibility index (Phi) is 8.61. The molecule has 0 aliphatic carbocycles. The van der Waals surface area contributed by atoms with Crippen molar-refractivity contribution in [1.29, 1.82) is 0 Å². The molecule has 0 nitrogen and oxygen atoms in total. The first-order valence-electron chi connectivity index (χ1n) is 21.5. The molecule has 12 rings (SSSR count). The lowest BCUT2D eigenvalue weighted by molar-refractivity contribution is 1.61. The zero-order valence-corrected chi connectivity index (χ0v) is 34.1. The minimum Gasteiger partial charge on any atom is -0.0622 e. The van der Waals surface area contributed by atoms with Gasteiger partial charge in [0, 0.05) is 0 Å². The summed E-state index contributed by atoms with van der Waals surface area (Å²) in [5, 5.41) is 12.6. The largest absolute Gasteiger partial charge is 0.0622 e. The van der Waals surface area contributed by atoms with Crippen LogP contribution in [0, 0.1) is 0 Å². The second-order valence-electron chi connectivity index (χ2n) is 16.3. The molecule has 0 N–H and O–H groups in total. The van der Waals surface area contributed by atoms with Gasteiger partial charge in [-0.15, -0.1) is 0 Å². The van der Waals surface area contributed by atoms with Gasteiger partial charge in [0.1, 0.15) is 0 Å². The molecule has 0 spiro atoms. The predicted octanol–water partition coefficient (Wildman–Crippen LogP) is 17.5. The molecule has 0 unspecified atom stereocenters. The Morgan fingerprint density at radius 2 is 0.516 bits per heavy atom. The number of hydrogen-bond acceptors (Lipinski definition) is 0. The number of hydrogen-bond donors (Lipinski definition) is 0. The SMILES string of the molecule is c1ccc(-c2c(-c3ccccc3)c3ccc(-c4ccc(-c5c6ccccc6c(-c6cccc(-c7ccc8ccccc8c7)c6)c6ccccc56)cc4)cc3c3ccccc23)cc1. The van der Waals surface area contributed by atoms with Gasteiger partial charge >= 0.3 is 0 Å². The zero-order valence-electron chi connectivity index (χ0n) is 34.1. The van der Waals surface area contributed by atoms with E-state index >= 15 is 0 Å². The smallest absolute Gasteiger partial charge is 0.00203 e. The van der Waals surface area contributed by atoms with Crippen molar-refractivity contribution in [2.24, 2.45) is 0 Å². The van der Waals surface area contributed by atoms with Crippen molar-refractivity contribution in [3.05, 3.63) is 243 Å². The quantitative estimate of drug-likeness (QED) is 0.116. The summed E-state index contributed by atoms with van der Waals surface area (Å²) in [6.45, 7) is 0. The molecular weight excluding hydrogens is 745 g/mol. The second-order valence-corrected chi connectivity index (χ2v) is 16.3.